The van der Waals surface area contributed by atoms with Crippen molar-refractivity contribution in [3.05, 3.63) is 80.2 Å². The van der Waals surface area contributed by atoms with Crippen LogP contribution in [0, 0.1) is 10.1 Å². The van der Waals surface area contributed by atoms with Gasteiger partial charge in [0.2, 0.25) is 0 Å². The van der Waals surface area contributed by atoms with E-state index in [2.05, 4.69) is 0 Å². The molecule has 4 nitrogen and oxygen atoms in total. The number of hydrogen-bond acceptors (Lipinski definition) is 3. The van der Waals surface area contributed by atoms with Gasteiger partial charge in [-0.25, -0.2) is 0 Å². The first-order chi connectivity index (χ1) is 10.0. The Balaban J connectivity index is 1.96. The van der Waals surface area contributed by atoms with Gasteiger partial charge in [0, 0.05) is 22.7 Å². The molecule has 21 heavy (non-hydrogen) atoms. The fraction of sp³-hybridized carbons (Fsp3) is 0.0667. The molecule has 2 rings (SSSR count). The molecule has 0 saturated carbocycles. The second-order valence-corrected chi connectivity index (χ2v) is 6.06. The smallest absolute Gasteiger partial charge is 0.269 e. The van der Waals surface area contributed by atoms with Gasteiger partial charge in [-0.15, -0.1) is 0 Å². The molecule has 0 spiro atoms. The maximum atomic E-state index is 11.9. The van der Waals surface area contributed by atoms with Crippen molar-refractivity contribution >= 4 is 34.5 Å². The third kappa shape index (κ3) is 4.90. The van der Waals surface area contributed by atoms with Crippen molar-refractivity contribution in [1.29, 1.82) is 0 Å². The number of hydrogen-bond donors (Lipinski definition) is 0. The van der Waals surface area contributed by atoms with E-state index in [0.29, 0.717) is 10.8 Å². The van der Waals surface area contributed by atoms with Gasteiger partial charge in [-0.05, 0) is 47.1 Å². The van der Waals surface area contributed by atoms with Crippen LogP contribution in [-0.4, -0.2) is 9.48 Å². The van der Waals surface area contributed by atoms with Gasteiger partial charge in [0.05, 0.1) is 4.92 Å². The fourth-order valence-electron chi connectivity index (χ4n) is 1.65. The molecule has 1 unspecified atom stereocenters. The summed E-state index contributed by atoms with van der Waals surface area (Å²) in [5.41, 5.74) is 1.74. The van der Waals surface area contributed by atoms with Crippen LogP contribution in [0.3, 0.4) is 0 Å². The van der Waals surface area contributed by atoms with Gasteiger partial charge in [-0.1, -0.05) is 23.7 Å². The second-order valence-electron chi connectivity index (χ2n) is 4.30. The summed E-state index contributed by atoms with van der Waals surface area (Å²) in [7, 11) is 0. The SMILES string of the molecule is O=[N+]([O-])c1ccc(C=C[S+]([O-])Cc2ccc(Cl)cc2)cc1. The molecule has 0 N–H and O–H groups in total. The van der Waals surface area contributed by atoms with Crippen molar-refractivity contribution in [2.45, 2.75) is 5.75 Å². The molecular weight excluding hydrogens is 310 g/mol. The van der Waals surface area contributed by atoms with Gasteiger partial charge < -0.3 is 4.55 Å². The van der Waals surface area contributed by atoms with E-state index in [1.54, 1.807) is 35.7 Å². The summed E-state index contributed by atoms with van der Waals surface area (Å²) >= 11 is 4.64. The van der Waals surface area contributed by atoms with Crippen LogP contribution in [0.25, 0.3) is 6.08 Å². The lowest BCUT2D eigenvalue weighted by atomic mass is 10.2. The Bertz CT molecular complexity index is 641. The minimum Gasteiger partial charge on any atom is -0.612 e. The minimum absolute atomic E-state index is 0.0365. The first-order valence-electron chi connectivity index (χ1n) is 6.09. The number of benzene rings is 2. The number of nitro benzene ring substituents is 1. The van der Waals surface area contributed by atoms with Gasteiger partial charge in [-0.2, -0.15) is 0 Å². The molecule has 0 radical (unpaired) electrons. The Hall–Kier alpha value is -1.82. The third-order valence-corrected chi connectivity index (χ3v) is 4.05. The molecule has 0 aliphatic heterocycles. The summed E-state index contributed by atoms with van der Waals surface area (Å²) in [5, 5.41) is 12.8. The zero-order valence-electron chi connectivity index (χ0n) is 10.9. The van der Waals surface area contributed by atoms with E-state index >= 15 is 0 Å². The van der Waals surface area contributed by atoms with Gasteiger partial charge in [-0.3, -0.25) is 10.1 Å². The Morgan fingerprint density at radius 2 is 1.71 bits per heavy atom. The predicted octanol–water partition coefficient (Wildman–Crippen LogP) is 4.17. The van der Waals surface area contributed by atoms with E-state index in [9.17, 15) is 14.7 Å². The first-order valence-corrected chi connectivity index (χ1v) is 7.85. The topological polar surface area (TPSA) is 66.2 Å². The van der Waals surface area contributed by atoms with Crippen molar-refractivity contribution in [3.8, 4) is 0 Å². The average Bonchev–Trinajstić information content (AvgIpc) is 2.48. The van der Waals surface area contributed by atoms with Crippen molar-refractivity contribution in [2.75, 3.05) is 0 Å². The fourth-order valence-corrected chi connectivity index (χ4v) is 2.71. The number of halogens is 1. The lowest BCUT2D eigenvalue weighted by Crippen LogP contribution is -1.99. The summed E-state index contributed by atoms with van der Waals surface area (Å²) in [6, 6.07) is 13.3. The normalized spacial score (nSPS) is 12.5. The minimum atomic E-state index is -1.15. The van der Waals surface area contributed by atoms with Crippen LogP contribution in [0.4, 0.5) is 5.69 Å². The molecule has 0 heterocycles. The lowest BCUT2D eigenvalue weighted by molar-refractivity contribution is -0.384. The highest BCUT2D eigenvalue weighted by Crippen LogP contribution is 2.15. The Kier molecular flexibility index (Phi) is 5.38. The zero-order valence-corrected chi connectivity index (χ0v) is 12.5. The van der Waals surface area contributed by atoms with E-state index in [-0.39, 0.29) is 5.69 Å². The molecule has 0 bridgehead atoms. The van der Waals surface area contributed by atoms with Gasteiger partial charge in [0.25, 0.3) is 5.69 Å². The quantitative estimate of drug-likeness (QED) is 0.471. The van der Waals surface area contributed by atoms with E-state index in [0.717, 1.165) is 11.1 Å². The first kappa shape index (κ1) is 15.6. The highest BCUT2D eigenvalue weighted by atomic mass is 35.5. The van der Waals surface area contributed by atoms with E-state index in [1.807, 2.05) is 12.1 Å². The molecule has 108 valence electrons. The molecule has 1 atom stereocenters. The zero-order chi connectivity index (χ0) is 15.2. The monoisotopic (exact) mass is 321 g/mol. The largest absolute Gasteiger partial charge is 0.612 e. The summed E-state index contributed by atoms with van der Waals surface area (Å²) in [6.45, 7) is 0. The molecule has 0 aliphatic rings. The molecule has 0 aromatic heterocycles. The molecule has 2 aromatic rings. The maximum Gasteiger partial charge on any atom is 0.269 e. The van der Waals surface area contributed by atoms with Gasteiger partial charge in [0.1, 0.15) is 11.2 Å². The summed E-state index contributed by atoms with van der Waals surface area (Å²) < 4.78 is 11.9. The van der Waals surface area contributed by atoms with Crippen molar-refractivity contribution in [2.24, 2.45) is 0 Å². The van der Waals surface area contributed by atoms with Gasteiger partial charge in [0.15, 0.2) is 0 Å². The Morgan fingerprint density at radius 1 is 1.10 bits per heavy atom. The molecule has 0 saturated heterocycles. The molecule has 0 aliphatic carbocycles. The maximum absolute atomic E-state index is 11.9. The molecule has 6 heteroatoms. The Labute approximate surface area is 130 Å². The summed E-state index contributed by atoms with van der Waals surface area (Å²) in [6.07, 6.45) is 1.69. The predicted molar refractivity (Wildman–Crippen MR) is 85.4 cm³/mol. The highest BCUT2D eigenvalue weighted by molar-refractivity contribution is 7.93. The van der Waals surface area contributed by atoms with Crippen LogP contribution in [0.1, 0.15) is 11.1 Å². The van der Waals surface area contributed by atoms with Crippen LogP contribution in [0.2, 0.25) is 5.02 Å². The molecule has 0 fully saturated rings. The van der Waals surface area contributed by atoms with Crippen molar-refractivity contribution in [1.82, 2.24) is 0 Å². The highest BCUT2D eigenvalue weighted by Gasteiger charge is 2.05. The average molecular weight is 322 g/mol. The molecule has 0 amide bonds. The van der Waals surface area contributed by atoms with Crippen LogP contribution >= 0.6 is 11.6 Å². The molecular formula is C15H12ClNO3S. The van der Waals surface area contributed by atoms with Crippen LogP contribution in [-0.2, 0) is 16.9 Å². The summed E-state index contributed by atoms with van der Waals surface area (Å²) in [4.78, 5) is 10.1. The number of rotatable bonds is 5. The molecule has 2 aromatic carbocycles. The van der Waals surface area contributed by atoms with Crippen LogP contribution in [0.15, 0.2) is 53.9 Å². The number of nitro groups is 1. The number of nitrogens with zero attached hydrogens (tertiary/aromatic N) is 1. The van der Waals surface area contributed by atoms with E-state index in [1.165, 1.54) is 12.1 Å². The van der Waals surface area contributed by atoms with Crippen LogP contribution < -0.4 is 0 Å². The van der Waals surface area contributed by atoms with Gasteiger partial charge >= 0.3 is 0 Å². The van der Waals surface area contributed by atoms with Crippen molar-refractivity contribution < 1.29 is 9.48 Å². The lowest BCUT2D eigenvalue weighted by Gasteiger charge is -2.05. The van der Waals surface area contributed by atoms with Crippen LogP contribution in [0.5, 0.6) is 0 Å². The second kappa shape index (κ2) is 7.26. The number of non-ortho nitro benzene ring substituents is 1. The third-order valence-electron chi connectivity index (χ3n) is 2.74. The van der Waals surface area contributed by atoms with E-state index in [4.69, 9.17) is 11.6 Å². The van der Waals surface area contributed by atoms with Crippen molar-refractivity contribution in [3.63, 3.8) is 0 Å². The standard InChI is InChI=1S/C15H12ClNO3S/c16-14-5-1-13(2-6-14)11-21(20)10-9-12-3-7-15(8-4-12)17(18)19/h1-10H,11H2. The summed E-state index contributed by atoms with van der Waals surface area (Å²) in [5.74, 6) is 0.403. The van der Waals surface area contributed by atoms with E-state index < -0.39 is 16.1 Å². The Morgan fingerprint density at radius 3 is 2.29 bits per heavy atom.